The van der Waals surface area contributed by atoms with E-state index in [1.807, 2.05) is 43.7 Å². The number of carbonyl (C=O) groups is 1. The third kappa shape index (κ3) is 2.02. The number of imidazole rings is 1. The molecule has 1 aromatic carbocycles. The summed E-state index contributed by atoms with van der Waals surface area (Å²) < 4.78 is 1.96. The Balaban J connectivity index is 2.39. The second-order valence-electron chi connectivity index (χ2n) is 4.58. The molecule has 0 unspecified atom stereocenters. The smallest absolute Gasteiger partial charge is 0.229 e. The molecule has 2 rings (SSSR count). The van der Waals surface area contributed by atoms with Gasteiger partial charge in [-0.1, -0.05) is 13.8 Å². The minimum Gasteiger partial charge on any atom is -0.334 e. The third-order valence-electron chi connectivity index (χ3n) is 2.92. The van der Waals surface area contributed by atoms with Crippen LogP contribution in [0.3, 0.4) is 0 Å². The molecular formula is C13H17N3O. The minimum atomic E-state index is -0.000528. The highest BCUT2D eigenvalue weighted by Crippen LogP contribution is 2.21. The summed E-state index contributed by atoms with van der Waals surface area (Å²) in [6.45, 7) is 3.80. The van der Waals surface area contributed by atoms with Gasteiger partial charge in [0, 0.05) is 25.7 Å². The van der Waals surface area contributed by atoms with Crippen molar-refractivity contribution in [1.82, 2.24) is 9.55 Å². The van der Waals surface area contributed by atoms with Crippen molar-refractivity contribution in [1.29, 1.82) is 0 Å². The van der Waals surface area contributed by atoms with Crippen molar-refractivity contribution in [3.8, 4) is 0 Å². The lowest BCUT2D eigenvalue weighted by atomic mass is 10.1. The van der Waals surface area contributed by atoms with Crippen LogP contribution in [0.1, 0.15) is 13.8 Å². The van der Waals surface area contributed by atoms with Crippen molar-refractivity contribution in [2.24, 2.45) is 13.0 Å². The van der Waals surface area contributed by atoms with Crippen LogP contribution in [0.15, 0.2) is 24.5 Å². The molecule has 0 atom stereocenters. The van der Waals surface area contributed by atoms with E-state index in [-0.39, 0.29) is 11.8 Å². The monoisotopic (exact) mass is 231 g/mol. The molecule has 0 saturated heterocycles. The lowest BCUT2D eigenvalue weighted by Crippen LogP contribution is -2.30. The molecule has 1 amide bonds. The maximum Gasteiger partial charge on any atom is 0.229 e. The number of anilines is 1. The highest BCUT2D eigenvalue weighted by Gasteiger charge is 2.15. The Hall–Kier alpha value is -1.84. The molecule has 0 aliphatic carbocycles. The second kappa shape index (κ2) is 4.20. The number of hydrogen-bond donors (Lipinski definition) is 0. The largest absolute Gasteiger partial charge is 0.334 e. The average Bonchev–Trinajstić information content (AvgIpc) is 2.68. The molecule has 0 aliphatic rings. The normalized spacial score (nSPS) is 11.1. The molecule has 0 fully saturated rings. The molecule has 1 heterocycles. The summed E-state index contributed by atoms with van der Waals surface area (Å²) in [5, 5.41) is 0. The van der Waals surface area contributed by atoms with E-state index in [9.17, 15) is 4.79 Å². The number of carbonyl (C=O) groups excluding carboxylic acids is 1. The number of nitrogens with zero attached hydrogens (tertiary/aromatic N) is 3. The molecule has 0 saturated carbocycles. The van der Waals surface area contributed by atoms with Gasteiger partial charge < -0.3 is 9.47 Å². The summed E-state index contributed by atoms with van der Waals surface area (Å²) in [6.07, 6.45) is 1.78. The van der Waals surface area contributed by atoms with Gasteiger partial charge in [-0.2, -0.15) is 0 Å². The van der Waals surface area contributed by atoms with E-state index in [2.05, 4.69) is 4.98 Å². The summed E-state index contributed by atoms with van der Waals surface area (Å²) >= 11 is 0. The lowest BCUT2D eigenvalue weighted by molar-refractivity contribution is -0.121. The summed E-state index contributed by atoms with van der Waals surface area (Å²) in [7, 11) is 3.75. The summed E-state index contributed by atoms with van der Waals surface area (Å²) in [5.74, 6) is 0.111. The van der Waals surface area contributed by atoms with Crippen LogP contribution < -0.4 is 4.90 Å². The zero-order valence-corrected chi connectivity index (χ0v) is 10.6. The predicted octanol–water partition coefficient (Wildman–Crippen LogP) is 2.19. The fourth-order valence-corrected chi connectivity index (χ4v) is 1.85. The first-order valence-electron chi connectivity index (χ1n) is 5.69. The quantitative estimate of drug-likeness (QED) is 0.794. The van der Waals surface area contributed by atoms with Crippen LogP contribution in [-0.2, 0) is 11.8 Å². The lowest BCUT2D eigenvalue weighted by Gasteiger charge is -2.19. The van der Waals surface area contributed by atoms with Gasteiger partial charge in [-0.05, 0) is 18.2 Å². The standard InChI is InChI=1S/C13H17N3O/c1-9(2)13(17)16(4)10-5-6-12-11(7-10)14-8-15(12)3/h5-9H,1-4H3. The third-order valence-corrected chi connectivity index (χ3v) is 2.92. The van der Waals surface area contributed by atoms with E-state index in [0.29, 0.717) is 0 Å². The van der Waals surface area contributed by atoms with Gasteiger partial charge in [-0.15, -0.1) is 0 Å². The predicted molar refractivity (Wildman–Crippen MR) is 69.0 cm³/mol. The summed E-state index contributed by atoms with van der Waals surface area (Å²) in [5.41, 5.74) is 2.86. The maximum atomic E-state index is 11.9. The molecule has 0 radical (unpaired) electrons. The molecule has 2 aromatic rings. The zero-order chi connectivity index (χ0) is 12.6. The van der Waals surface area contributed by atoms with Crippen LogP contribution in [0.4, 0.5) is 5.69 Å². The summed E-state index contributed by atoms with van der Waals surface area (Å²) in [4.78, 5) is 17.9. The number of aromatic nitrogens is 2. The van der Waals surface area contributed by atoms with E-state index in [0.717, 1.165) is 16.7 Å². The Labute approximate surface area is 101 Å². The van der Waals surface area contributed by atoms with Crippen molar-refractivity contribution >= 4 is 22.6 Å². The number of rotatable bonds is 2. The van der Waals surface area contributed by atoms with Gasteiger partial charge in [-0.3, -0.25) is 4.79 Å². The highest BCUT2D eigenvalue weighted by atomic mass is 16.2. The number of amides is 1. The average molecular weight is 231 g/mol. The van der Waals surface area contributed by atoms with Crippen molar-refractivity contribution in [2.45, 2.75) is 13.8 Å². The van der Waals surface area contributed by atoms with Crippen LogP contribution >= 0.6 is 0 Å². The van der Waals surface area contributed by atoms with Gasteiger partial charge in [0.05, 0.1) is 17.4 Å². The van der Waals surface area contributed by atoms with Gasteiger partial charge in [-0.25, -0.2) is 4.98 Å². The number of benzene rings is 1. The van der Waals surface area contributed by atoms with Crippen molar-refractivity contribution < 1.29 is 4.79 Å². The molecule has 0 aliphatic heterocycles. The first-order valence-corrected chi connectivity index (χ1v) is 5.69. The van der Waals surface area contributed by atoms with E-state index in [4.69, 9.17) is 0 Å². The molecule has 0 bridgehead atoms. The Bertz CT molecular complexity index is 557. The molecular weight excluding hydrogens is 214 g/mol. The van der Waals surface area contributed by atoms with Gasteiger partial charge in [0.1, 0.15) is 0 Å². The Kier molecular flexibility index (Phi) is 2.88. The topological polar surface area (TPSA) is 38.1 Å². The minimum absolute atomic E-state index is 0.000528. The van der Waals surface area contributed by atoms with Gasteiger partial charge in [0.25, 0.3) is 0 Å². The fraction of sp³-hybridized carbons (Fsp3) is 0.385. The number of fused-ring (bicyclic) bond motifs is 1. The van der Waals surface area contributed by atoms with Gasteiger partial charge >= 0.3 is 0 Å². The van der Waals surface area contributed by atoms with E-state index < -0.39 is 0 Å². The maximum absolute atomic E-state index is 11.9. The molecule has 0 spiro atoms. The molecule has 4 nitrogen and oxygen atoms in total. The Morgan fingerprint density at radius 3 is 2.76 bits per heavy atom. The molecule has 0 N–H and O–H groups in total. The van der Waals surface area contributed by atoms with E-state index in [1.165, 1.54) is 0 Å². The van der Waals surface area contributed by atoms with Crippen LogP contribution in [0.25, 0.3) is 11.0 Å². The first-order chi connectivity index (χ1) is 8.00. The van der Waals surface area contributed by atoms with E-state index in [1.54, 1.807) is 18.3 Å². The zero-order valence-electron chi connectivity index (χ0n) is 10.6. The molecule has 4 heteroatoms. The van der Waals surface area contributed by atoms with Gasteiger partial charge in [0.15, 0.2) is 0 Å². The second-order valence-corrected chi connectivity index (χ2v) is 4.58. The summed E-state index contributed by atoms with van der Waals surface area (Å²) in [6, 6.07) is 5.88. The number of aryl methyl sites for hydroxylation is 1. The van der Waals surface area contributed by atoms with Crippen LogP contribution in [-0.4, -0.2) is 22.5 Å². The Morgan fingerprint density at radius 1 is 1.41 bits per heavy atom. The molecule has 17 heavy (non-hydrogen) atoms. The highest BCUT2D eigenvalue weighted by molar-refractivity contribution is 5.95. The molecule has 90 valence electrons. The Morgan fingerprint density at radius 2 is 2.12 bits per heavy atom. The van der Waals surface area contributed by atoms with Gasteiger partial charge in [0.2, 0.25) is 5.91 Å². The molecule has 1 aromatic heterocycles. The first kappa shape index (κ1) is 11.6. The fourth-order valence-electron chi connectivity index (χ4n) is 1.85. The van der Waals surface area contributed by atoms with Crippen LogP contribution in [0.2, 0.25) is 0 Å². The van der Waals surface area contributed by atoms with Crippen molar-refractivity contribution in [3.05, 3.63) is 24.5 Å². The van der Waals surface area contributed by atoms with Crippen LogP contribution in [0, 0.1) is 5.92 Å². The number of hydrogen-bond acceptors (Lipinski definition) is 2. The van der Waals surface area contributed by atoms with Crippen molar-refractivity contribution in [3.63, 3.8) is 0 Å². The van der Waals surface area contributed by atoms with Crippen LogP contribution in [0.5, 0.6) is 0 Å². The van der Waals surface area contributed by atoms with E-state index >= 15 is 0 Å². The van der Waals surface area contributed by atoms with Crippen molar-refractivity contribution in [2.75, 3.05) is 11.9 Å². The SMILES string of the molecule is CC(C)C(=O)N(C)c1ccc2c(c1)ncn2C.